The molecule has 1 amide bonds. The molecule has 0 saturated carbocycles. The van der Waals surface area contributed by atoms with Gasteiger partial charge in [0.1, 0.15) is 0 Å². The highest BCUT2D eigenvalue weighted by Gasteiger charge is 2.28. The van der Waals surface area contributed by atoms with Crippen LogP contribution in [0.3, 0.4) is 0 Å². The van der Waals surface area contributed by atoms with Crippen LogP contribution in [0, 0.1) is 5.41 Å². The Morgan fingerprint density at radius 1 is 1.00 bits per heavy atom. The lowest BCUT2D eigenvalue weighted by Gasteiger charge is -2.28. The molecule has 0 aliphatic carbocycles. The summed E-state index contributed by atoms with van der Waals surface area (Å²) in [4.78, 5) is 16.9. The van der Waals surface area contributed by atoms with Gasteiger partial charge in [0.15, 0.2) is 9.84 Å². The Morgan fingerprint density at radius 2 is 1.61 bits per heavy atom. The molecule has 1 aliphatic rings. The Balaban J connectivity index is 2.07. The Labute approximate surface area is 139 Å². The van der Waals surface area contributed by atoms with E-state index in [1.54, 1.807) is 12.1 Å². The van der Waals surface area contributed by atoms with Crippen LogP contribution in [0.2, 0.25) is 0 Å². The van der Waals surface area contributed by atoms with Crippen LogP contribution in [-0.4, -0.2) is 51.7 Å². The third-order valence-corrected chi connectivity index (χ3v) is 5.18. The molecule has 1 saturated heterocycles. The molecule has 1 aliphatic heterocycles. The van der Waals surface area contributed by atoms with Crippen molar-refractivity contribution in [3.05, 3.63) is 24.3 Å². The molecular formula is C17H26N2O3S. The van der Waals surface area contributed by atoms with Crippen molar-refractivity contribution in [1.82, 2.24) is 4.90 Å². The summed E-state index contributed by atoms with van der Waals surface area (Å²) < 4.78 is 23.1. The quantitative estimate of drug-likeness (QED) is 0.829. The summed E-state index contributed by atoms with van der Waals surface area (Å²) >= 11 is 0. The molecule has 6 heteroatoms. The van der Waals surface area contributed by atoms with E-state index in [0.29, 0.717) is 11.4 Å². The topological polar surface area (TPSA) is 57.7 Å². The first kappa shape index (κ1) is 17.8. The molecule has 2 rings (SSSR count). The Morgan fingerprint density at radius 3 is 2.13 bits per heavy atom. The fourth-order valence-corrected chi connectivity index (χ4v) is 3.39. The summed E-state index contributed by atoms with van der Waals surface area (Å²) in [6.07, 6.45) is 2.12. The van der Waals surface area contributed by atoms with Gasteiger partial charge in [-0.15, -0.1) is 0 Å². The summed E-state index contributed by atoms with van der Waals surface area (Å²) in [5.41, 5.74) is 0.647. The van der Waals surface area contributed by atoms with E-state index >= 15 is 0 Å². The highest BCUT2D eigenvalue weighted by molar-refractivity contribution is 7.90. The average molecular weight is 338 g/mol. The van der Waals surface area contributed by atoms with Crippen LogP contribution in [0.5, 0.6) is 0 Å². The van der Waals surface area contributed by atoms with Crippen molar-refractivity contribution in [3.8, 4) is 0 Å². The van der Waals surface area contributed by atoms with E-state index in [2.05, 4.69) is 4.90 Å². The first-order valence-corrected chi connectivity index (χ1v) is 9.82. The monoisotopic (exact) mass is 338 g/mol. The summed E-state index contributed by atoms with van der Waals surface area (Å²) in [5, 5.41) is 0. The first-order valence-electron chi connectivity index (χ1n) is 7.93. The minimum absolute atomic E-state index is 0.187. The van der Waals surface area contributed by atoms with Gasteiger partial charge in [-0.2, -0.15) is 0 Å². The van der Waals surface area contributed by atoms with Gasteiger partial charge in [0.2, 0.25) is 5.91 Å². The molecule has 128 valence electrons. The zero-order valence-electron chi connectivity index (χ0n) is 14.4. The van der Waals surface area contributed by atoms with Gasteiger partial charge < -0.3 is 9.80 Å². The van der Waals surface area contributed by atoms with Gasteiger partial charge in [0.05, 0.1) is 4.90 Å². The van der Waals surface area contributed by atoms with Crippen molar-refractivity contribution in [1.29, 1.82) is 0 Å². The minimum Gasteiger partial charge on any atom is -0.370 e. The van der Waals surface area contributed by atoms with Crippen LogP contribution in [-0.2, 0) is 14.6 Å². The van der Waals surface area contributed by atoms with Gasteiger partial charge in [-0.3, -0.25) is 4.79 Å². The predicted octanol–water partition coefficient (Wildman–Crippen LogP) is 2.17. The molecule has 0 N–H and O–H groups in total. The number of hydrogen-bond donors (Lipinski definition) is 0. The largest absolute Gasteiger partial charge is 0.370 e. The fourth-order valence-electron chi connectivity index (χ4n) is 2.76. The van der Waals surface area contributed by atoms with Crippen LogP contribution in [0.4, 0.5) is 5.69 Å². The minimum atomic E-state index is -3.17. The number of sulfone groups is 1. The molecule has 23 heavy (non-hydrogen) atoms. The maximum Gasteiger partial charge on any atom is 0.228 e. The second-order valence-electron chi connectivity index (χ2n) is 7.15. The second-order valence-corrected chi connectivity index (χ2v) is 9.16. The zero-order chi connectivity index (χ0) is 17.3. The van der Waals surface area contributed by atoms with Crippen molar-refractivity contribution in [3.63, 3.8) is 0 Å². The van der Waals surface area contributed by atoms with E-state index in [4.69, 9.17) is 0 Å². The summed E-state index contributed by atoms with van der Waals surface area (Å²) in [5.74, 6) is 0.187. The number of rotatable bonds is 2. The SMILES string of the molecule is CC(C)(C)C(=O)N1CCCN(c2ccc(S(C)(=O)=O)cc2)CC1. The van der Waals surface area contributed by atoms with Gasteiger partial charge in [-0.05, 0) is 30.7 Å². The third kappa shape index (κ3) is 4.47. The van der Waals surface area contributed by atoms with Gasteiger partial charge >= 0.3 is 0 Å². The molecule has 0 spiro atoms. The Kier molecular flexibility index (Phi) is 5.04. The zero-order valence-corrected chi connectivity index (χ0v) is 15.2. The van der Waals surface area contributed by atoms with E-state index in [1.807, 2.05) is 37.8 Å². The number of anilines is 1. The maximum absolute atomic E-state index is 12.4. The highest BCUT2D eigenvalue weighted by atomic mass is 32.2. The molecule has 1 aromatic carbocycles. The van der Waals surface area contributed by atoms with E-state index < -0.39 is 9.84 Å². The first-order chi connectivity index (χ1) is 10.6. The van der Waals surface area contributed by atoms with E-state index in [0.717, 1.165) is 31.7 Å². The summed E-state index contributed by atoms with van der Waals surface area (Å²) in [7, 11) is -3.17. The molecule has 0 bridgehead atoms. The van der Waals surface area contributed by atoms with Crippen molar-refractivity contribution < 1.29 is 13.2 Å². The van der Waals surface area contributed by atoms with Crippen LogP contribution < -0.4 is 4.90 Å². The van der Waals surface area contributed by atoms with Gasteiger partial charge in [0, 0.05) is 43.5 Å². The van der Waals surface area contributed by atoms with Gasteiger partial charge in [0.25, 0.3) is 0 Å². The van der Waals surface area contributed by atoms with Crippen molar-refractivity contribution in [2.24, 2.45) is 5.41 Å². The normalized spacial score (nSPS) is 17.0. The molecule has 5 nitrogen and oxygen atoms in total. The number of hydrogen-bond acceptors (Lipinski definition) is 4. The number of nitrogens with zero attached hydrogens (tertiary/aromatic N) is 2. The van der Waals surface area contributed by atoms with Gasteiger partial charge in [-0.25, -0.2) is 8.42 Å². The predicted molar refractivity (Wildman–Crippen MR) is 92.4 cm³/mol. The summed E-state index contributed by atoms with van der Waals surface area (Å²) in [6, 6.07) is 6.98. The van der Waals surface area contributed by atoms with Crippen molar-refractivity contribution >= 4 is 21.4 Å². The molecule has 1 heterocycles. The molecule has 1 fully saturated rings. The third-order valence-electron chi connectivity index (χ3n) is 4.05. The summed E-state index contributed by atoms with van der Waals surface area (Å²) in [6.45, 7) is 8.94. The van der Waals surface area contributed by atoms with Crippen LogP contribution in [0.15, 0.2) is 29.2 Å². The van der Waals surface area contributed by atoms with Gasteiger partial charge in [-0.1, -0.05) is 20.8 Å². The molecule has 0 aromatic heterocycles. The van der Waals surface area contributed by atoms with Crippen LogP contribution in [0.1, 0.15) is 27.2 Å². The Hall–Kier alpha value is -1.56. The van der Waals surface area contributed by atoms with Crippen LogP contribution in [0.25, 0.3) is 0 Å². The standard InChI is InChI=1S/C17H26N2O3S/c1-17(2,3)16(20)19-11-5-10-18(12-13-19)14-6-8-15(9-7-14)23(4,21)22/h6-9H,5,10-13H2,1-4H3. The van der Waals surface area contributed by atoms with Crippen LogP contribution >= 0.6 is 0 Å². The molecule has 0 radical (unpaired) electrons. The highest BCUT2D eigenvalue weighted by Crippen LogP contribution is 2.22. The van der Waals surface area contributed by atoms with Crippen molar-refractivity contribution in [2.75, 3.05) is 37.3 Å². The molecular weight excluding hydrogens is 312 g/mol. The maximum atomic E-state index is 12.4. The lowest BCUT2D eigenvalue weighted by atomic mass is 9.94. The smallest absolute Gasteiger partial charge is 0.228 e. The van der Waals surface area contributed by atoms with E-state index in [9.17, 15) is 13.2 Å². The number of benzene rings is 1. The average Bonchev–Trinajstić information content (AvgIpc) is 2.70. The Bertz CT molecular complexity index is 660. The molecule has 1 aromatic rings. The van der Waals surface area contributed by atoms with E-state index in [1.165, 1.54) is 6.26 Å². The number of carbonyl (C=O) groups is 1. The lowest BCUT2D eigenvalue weighted by molar-refractivity contribution is -0.139. The molecule has 0 unspecified atom stereocenters. The second kappa shape index (κ2) is 6.51. The number of amides is 1. The van der Waals surface area contributed by atoms with E-state index in [-0.39, 0.29) is 11.3 Å². The number of carbonyl (C=O) groups excluding carboxylic acids is 1. The van der Waals surface area contributed by atoms with Crippen molar-refractivity contribution in [2.45, 2.75) is 32.1 Å². The fraction of sp³-hybridized carbons (Fsp3) is 0.588. The lowest BCUT2D eigenvalue weighted by Crippen LogP contribution is -2.41. The molecule has 0 atom stereocenters.